The first kappa shape index (κ1) is 23.1. The van der Waals surface area contributed by atoms with E-state index < -0.39 is 27.7 Å². The molecule has 4 rings (SSSR count). The van der Waals surface area contributed by atoms with Gasteiger partial charge >= 0.3 is 6.18 Å². The van der Waals surface area contributed by atoms with Crippen LogP contribution < -0.4 is 14.9 Å². The lowest BCUT2D eigenvalue weighted by atomic mass is 9.99. The molecule has 0 spiro atoms. The predicted molar refractivity (Wildman–Crippen MR) is 120 cm³/mol. The second kappa shape index (κ2) is 9.02. The molecule has 3 aromatic rings. The van der Waals surface area contributed by atoms with Crippen LogP contribution in [0.5, 0.6) is 0 Å². The van der Waals surface area contributed by atoms with Gasteiger partial charge in [-0.3, -0.25) is 9.52 Å². The summed E-state index contributed by atoms with van der Waals surface area (Å²) in [6.45, 7) is 0.335. The third-order valence-electron chi connectivity index (χ3n) is 5.06. The fraction of sp³-hybridized carbons (Fsp3) is 0.238. The number of hydrogen-bond donors (Lipinski definition) is 2. The van der Waals surface area contributed by atoms with Gasteiger partial charge in [0.15, 0.2) is 5.13 Å². The number of halogens is 3. The summed E-state index contributed by atoms with van der Waals surface area (Å²) in [6, 6.07) is 9.18. The van der Waals surface area contributed by atoms with Crippen LogP contribution in [0.2, 0.25) is 0 Å². The number of fused-ring (bicyclic) bond motifs is 1. The average molecular weight is 497 g/mol. The van der Waals surface area contributed by atoms with Crippen LogP contribution in [0.15, 0.2) is 58.9 Å². The van der Waals surface area contributed by atoms with Crippen LogP contribution in [-0.2, 0) is 27.4 Å². The first-order valence-corrected chi connectivity index (χ1v) is 12.3. The number of nitrogens with one attached hydrogen (secondary N) is 2. The first-order chi connectivity index (χ1) is 15.6. The molecule has 174 valence electrons. The highest BCUT2D eigenvalue weighted by Crippen LogP contribution is 2.35. The van der Waals surface area contributed by atoms with Crippen molar-refractivity contribution >= 4 is 43.8 Å². The van der Waals surface area contributed by atoms with E-state index in [1.165, 1.54) is 36.5 Å². The van der Waals surface area contributed by atoms with Crippen LogP contribution >= 0.6 is 11.3 Å². The monoisotopic (exact) mass is 496 g/mol. The molecule has 2 N–H and O–H groups in total. The molecule has 2 aromatic carbocycles. The summed E-state index contributed by atoms with van der Waals surface area (Å²) in [5.41, 5.74) is 0.788. The topological polar surface area (TPSA) is 91.4 Å². The number of thiazole rings is 1. The molecule has 33 heavy (non-hydrogen) atoms. The Bertz CT molecular complexity index is 1240. The quantitative estimate of drug-likeness (QED) is 0.529. The highest BCUT2D eigenvalue weighted by Gasteiger charge is 2.32. The van der Waals surface area contributed by atoms with Crippen molar-refractivity contribution in [1.82, 2.24) is 4.98 Å². The summed E-state index contributed by atoms with van der Waals surface area (Å²) in [7, 11) is -3.82. The molecular weight excluding hydrogens is 477 g/mol. The number of sulfonamides is 1. The van der Waals surface area contributed by atoms with Crippen LogP contribution in [0.4, 0.5) is 29.7 Å². The fourth-order valence-corrected chi connectivity index (χ4v) is 5.32. The zero-order valence-corrected chi connectivity index (χ0v) is 18.7. The zero-order chi connectivity index (χ0) is 23.6. The Kier molecular flexibility index (Phi) is 6.30. The lowest BCUT2D eigenvalue weighted by Crippen LogP contribution is -2.37. The van der Waals surface area contributed by atoms with Gasteiger partial charge in [0.05, 0.1) is 17.0 Å². The van der Waals surface area contributed by atoms with Crippen molar-refractivity contribution < 1.29 is 26.4 Å². The maximum atomic E-state index is 13.1. The van der Waals surface area contributed by atoms with Gasteiger partial charge in [-0.05, 0) is 54.8 Å². The van der Waals surface area contributed by atoms with E-state index in [0.717, 1.165) is 35.5 Å². The van der Waals surface area contributed by atoms with Gasteiger partial charge in [0, 0.05) is 29.5 Å². The van der Waals surface area contributed by atoms with Crippen LogP contribution in [0, 0.1) is 0 Å². The molecule has 0 saturated carbocycles. The van der Waals surface area contributed by atoms with E-state index in [1.807, 2.05) is 0 Å². The minimum absolute atomic E-state index is 0.000312. The maximum Gasteiger partial charge on any atom is 0.416 e. The summed E-state index contributed by atoms with van der Waals surface area (Å²) in [5.74, 6) is -0.420. The summed E-state index contributed by atoms with van der Waals surface area (Å²) in [6.07, 6.45) is -1.61. The molecule has 1 aliphatic heterocycles. The number of nitrogens with zero attached hydrogens (tertiary/aromatic N) is 2. The van der Waals surface area contributed by atoms with Gasteiger partial charge in [-0.15, -0.1) is 11.3 Å². The van der Waals surface area contributed by atoms with Crippen LogP contribution in [0.25, 0.3) is 0 Å². The van der Waals surface area contributed by atoms with E-state index >= 15 is 0 Å². The van der Waals surface area contributed by atoms with E-state index in [0.29, 0.717) is 24.3 Å². The Morgan fingerprint density at radius 1 is 1.15 bits per heavy atom. The number of aryl methyl sites for hydroxylation is 1. The predicted octanol–water partition coefficient (Wildman–Crippen LogP) is 4.35. The molecule has 0 aliphatic carbocycles. The summed E-state index contributed by atoms with van der Waals surface area (Å²) in [4.78, 5) is 18.1. The lowest BCUT2D eigenvalue weighted by Gasteiger charge is -2.31. The summed E-state index contributed by atoms with van der Waals surface area (Å²) >= 11 is 1.14. The van der Waals surface area contributed by atoms with Crippen molar-refractivity contribution in [1.29, 1.82) is 0 Å². The van der Waals surface area contributed by atoms with E-state index in [-0.39, 0.29) is 16.6 Å². The minimum atomic E-state index is -4.46. The fourth-order valence-electron chi connectivity index (χ4n) is 3.53. The number of amides is 1. The molecule has 1 aromatic heterocycles. The molecule has 0 unspecified atom stereocenters. The average Bonchev–Trinajstić information content (AvgIpc) is 3.25. The number of carbonyl (C=O) groups is 1. The van der Waals surface area contributed by atoms with Gasteiger partial charge < -0.3 is 10.2 Å². The van der Waals surface area contributed by atoms with Crippen molar-refractivity contribution in [2.75, 3.05) is 28.0 Å². The molecular formula is C21H19F3N4O3S2. The Morgan fingerprint density at radius 3 is 2.58 bits per heavy atom. The van der Waals surface area contributed by atoms with Crippen LogP contribution in [-0.4, -0.2) is 32.4 Å². The Balaban J connectivity index is 1.43. The molecule has 1 aliphatic rings. The molecule has 12 heteroatoms. The second-order valence-electron chi connectivity index (χ2n) is 7.38. The van der Waals surface area contributed by atoms with Gasteiger partial charge in [0.1, 0.15) is 0 Å². The highest BCUT2D eigenvalue weighted by molar-refractivity contribution is 7.93. The molecule has 2 heterocycles. The number of anilines is 3. The van der Waals surface area contributed by atoms with Gasteiger partial charge in [0.2, 0.25) is 5.91 Å². The third kappa shape index (κ3) is 5.45. The van der Waals surface area contributed by atoms with E-state index in [1.54, 1.807) is 10.3 Å². The van der Waals surface area contributed by atoms with Crippen molar-refractivity contribution in [2.45, 2.75) is 23.9 Å². The van der Waals surface area contributed by atoms with Gasteiger partial charge in [-0.1, -0.05) is 6.07 Å². The van der Waals surface area contributed by atoms with Crippen LogP contribution in [0.3, 0.4) is 0 Å². The summed E-state index contributed by atoms with van der Waals surface area (Å²) in [5, 5.41) is 4.54. The molecule has 0 bridgehead atoms. The molecule has 0 fully saturated rings. The van der Waals surface area contributed by atoms with Crippen LogP contribution in [0.1, 0.15) is 17.5 Å². The standard InChI is InChI=1S/C21H19F3N4O3S2/c22-21(23,24)15-4-3-14-2-1-10-28(18(14)12-15)13-19(29)26-16-5-7-17(8-6-16)33(30,31)27-20-25-9-11-32-20/h3-9,11-12H,1-2,10,13H2,(H,25,27)(H,26,29). The van der Waals surface area contributed by atoms with Crippen molar-refractivity contribution in [3.05, 3.63) is 65.2 Å². The van der Waals surface area contributed by atoms with Crippen molar-refractivity contribution in [3.63, 3.8) is 0 Å². The summed E-state index contributed by atoms with van der Waals surface area (Å²) < 4.78 is 66.5. The van der Waals surface area contributed by atoms with Gasteiger partial charge in [-0.25, -0.2) is 13.4 Å². The largest absolute Gasteiger partial charge is 0.416 e. The number of alkyl halides is 3. The number of hydrogen-bond acceptors (Lipinski definition) is 6. The Hall–Kier alpha value is -3.12. The zero-order valence-electron chi connectivity index (χ0n) is 17.1. The van der Waals surface area contributed by atoms with Gasteiger partial charge in [-0.2, -0.15) is 13.2 Å². The molecule has 7 nitrogen and oxygen atoms in total. The molecule has 0 atom stereocenters. The molecule has 0 saturated heterocycles. The third-order valence-corrected chi connectivity index (χ3v) is 7.24. The minimum Gasteiger partial charge on any atom is -0.362 e. The van der Waals surface area contributed by atoms with Crippen molar-refractivity contribution in [2.24, 2.45) is 0 Å². The lowest BCUT2D eigenvalue weighted by molar-refractivity contribution is -0.137. The SMILES string of the molecule is O=C(CN1CCCc2ccc(C(F)(F)F)cc21)Nc1ccc(S(=O)(=O)Nc2nccs2)cc1. The van der Waals surface area contributed by atoms with E-state index in [2.05, 4.69) is 15.0 Å². The number of benzene rings is 2. The number of rotatable bonds is 6. The Labute approximate surface area is 192 Å². The first-order valence-electron chi connectivity index (χ1n) is 9.89. The molecule has 1 amide bonds. The highest BCUT2D eigenvalue weighted by atomic mass is 32.2. The molecule has 0 radical (unpaired) electrons. The number of aromatic nitrogens is 1. The van der Waals surface area contributed by atoms with Gasteiger partial charge in [0.25, 0.3) is 10.0 Å². The van der Waals surface area contributed by atoms with E-state index in [4.69, 9.17) is 0 Å². The number of carbonyl (C=O) groups excluding carboxylic acids is 1. The maximum absolute atomic E-state index is 13.1. The van der Waals surface area contributed by atoms with Crippen molar-refractivity contribution in [3.8, 4) is 0 Å². The Morgan fingerprint density at radius 2 is 1.91 bits per heavy atom. The second-order valence-corrected chi connectivity index (χ2v) is 9.96. The normalized spacial score (nSPS) is 14.0. The van der Waals surface area contributed by atoms with E-state index in [9.17, 15) is 26.4 Å². The smallest absolute Gasteiger partial charge is 0.362 e.